The van der Waals surface area contributed by atoms with Gasteiger partial charge in [0.1, 0.15) is 0 Å². The van der Waals surface area contributed by atoms with Gasteiger partial charge >= 0.3 is 0 Å². The Hall–Kier alpha value is -3.29. The molecule has 1 heterocycles. The molecule has 2 N–H and O–H groups in total. The number of aromatic nitrogens is 1. The molecule has 0 aliphatic carbocycles. The predicted octanol–water partition coefficient (Wildman–Crippen LogP) is 1.54. The highest BCUT2D eigenvalue weighted by Crippen LogP contribution is 2.28. The predicted molar refractivity (Wildman–Crippen MR) is 99.1 cm³/mol. The Balaban J connectivity index is 2.05. The Bertz CT molecular complexity index is 795. The van der Waals surface area contributed by atoms with Crippen LogP contribution in [0.5, 0.6) is 17.4 Å². The molecule has 2 rings (SSSR count). The molecule has 2 amide bonds. The van der Waals surface area contributed by atoms with E-state index in [1.54, 1.807) is 30.5 Å². The molecule has 2 aromatic rings. The molecule has 0 bridgehead atoms. The molecule has 8 heteroatoms. The molecule has 8 nitrogen and oxygen atoms in total. The van der Waals surface area contributed by atoms with Gasteiger partial charge < -0.3 is 24.8 Å². The fourth-order valence-electron chi connectivity index (χ4n) is 2.25. The van der Waals surface area contributed by atoms with Crippen LogP contribution < -0.4 is 24.8 Å². The lowest BCUT2D eigenvalue weighted by Gasteiger charge is -2.12. The molecule has 0 spiro atoms. The standard InChI is InChI=1S/C19H23N3O5/c1-4-26-19-14(6-5-9-21-19)11-22-18(24)13-7-8-15(16(10-13)25-3)27-12-17(23)20-2/h5-10H,4,11-12H2,1-3H3,(H,20,23)(H,22,24). The van der Waals surface area contributed by atoms with Crippen molar-refractivity contribution in [3.05, 3.63) is 47.7 Å². The Kier molecular flexibility index (Phi) is 7.42. The van der Waals surface area contributed by atoms with Gasteiger partial charge in [0.25, 0.3) is 11.8 Å². The third kappa shape index (κ3) is 5.60. The molecule has 0 unspecified atom stereocenters. The van der Waals surface area contributed by atoms with Crippen molar-refractivity contribution in [3.8, 4) is 17.4 Å². The quantitative estimate of drug-likeness (QED) is 0.692. The van der Waals surface area contributed by atoms with Crippen molar-refractivity contribution in [3.63, 3.8) is 0 Å². The van der Waals surface area contributed by atoms with E-state index in [0.29, 0.717) is 29.5 Å². The zero-order valence-corrected chi connectivity index (χ0v) is 15.6. The molecule has 0 atom stereocenters. The topological polar surface area (TPSA) is 98.8 Å². The number of carbonyl (C=O) groups excluding carboxylic acids is 2. The van der Waals surface area contributed by atoms with Gasteiger partial charge in [-0.2, -0.15) is 0 Å². The molecule has 0 saturated carbocycles. The number of nitrogens with one attached hydrogen (secondary N) is 2. The molecule has 144 valence electrons. The van der Waals surface area contributed by atoms with E-state index in [1.165, 1.54) is 14.2 Å². The van der Waals surface area contributed by atoms with Gasteiger partial charge in [-0.1, -0.05) is 6.07 Å². The van der Waals surface area contributed by atoms with Crippen LogP contribution in [0.4, 0.5) is 0 Å². The van der Waals surface area contributed by atoms with E-state index in [9.17, 15) is 9.59 Å². The summed E-state index contributed by atoms with van der Waals surface area (Å²) in [5.74, 6) is 0.695. The molecule has 0 fully saturated rings. The van der Waals surface area contributed by atoms with E-state index in [2.05, 4.69) is 15.6 Å². The number of nitrogens with zero attached hydrogens (tertiary/aromatic N) is 1. The summed E-state index contributed by atoms with van der Waals surface area (Å²) in [6.07, 6.45) is 1.64. The summed E-state index contributed by atoms with van der Waals surface area (Å²) in [7, 11) is 2.99. The summed E-state index contributed by atoms with van der Waals surface area (Å²) in [5, 5.41) is 5.29. The Morgan fingerprint density at radius 2 is 1.96 bits per heavy atom. The summed E-state index contributed by atoms with van der Waals surface area (Å²) in [5.41, 5.74) is 1.19. The number of likely N-dealkylation sites (N-methyl/N-ethyl adjacent to an activating group) is 1. The minimum Gasteiger partial charge on any atom is -0.493 e. The van der Waals surface area contributed by atoms with Gasteiger partial charge in [0.05, 0.1) is 13.7 Å². The van der Waals surface area contributed by atoms with E-state index in [-0.39, 0.29) is 25.0 Å². The summed E-state index contributed by atoms with van der Waals surface area (Å²) in [6.45, 7) is 2.50. The minimum atomic E-state index is -0.280. The smallest absolute Gasteiger partial charge is 0.257 e. The molecular formula is C19H23N3O5. The Morgan fingerprint density at radius 1 is 1.15 bits per heavy atom. The zero-order chi connectivity index (χ0) is 19.6. The van der Waals surface area contributed by atoms with E-state index in [1.807, 2.05) is 13.0 Å². The summed E-state index contributed by atoms with van der Waals surface area (Å²) in [4.78, 5) is 27.9. The van der Waals surface area contributed by atoms with Crippen molar-refractivity contribution in [1.82, 2.24) is 15.6 Å². The normalized spacial score (nSPS) is 10.0. The highest BCUT2D eigenvalue weighted by molar-refractivity contribution is 5.94. The fraction of sp³-hybridized carbons (Fsp3) is 0.316. The van der Waals surface area contributed by atoms with Crippen LogP contribution in [0.3, 0.4) is 0 Å². The Labute approximate surface area is 157 Å². The van der Waals surface area contributed by atoms with Crippen LogP contribution in [0.25, 0.3) is 0 Å². The Morgan fingerprint density at radius 3 is 2.67 bits per heavy atom. The largest absolute Gasteiger partial charge is 0.493 e. The van der Waals surface area contributed by atoms with Crippen LogP contribution in [0.1, 0.15) is 22.8 Å². The third-order valence-electron chi connectivity index (χ3n) is 3.63. The van der Waals surface area contributed by atoms with Gasteiger partial charge in [-0.3, -0.25) is 9.59 Å². The maximum atomic E-state index is 12.4. The highest BCUT2D eigenvalue weighted by atomic mass is 16.5. The zero-order valence-electron chi connectivity index (χ0n) is 15.6. The van der Waals surface area contributed by atoms with Crippen LogP contribution in [0, 0.1) is 0 Å². The molecule has 0 radical (unpaired) electrons. The number of methoxy groups -OCH3 is 1. The maximum absolute atomic E-state index is 12.4. The fourth-order valence-corrected chi connectivity index (χ4v) is 2.25. The van der Waals surface area contributed by atoms with Crippen molar-refractivity contribution in [2.45, 2.75) is 13.5 Å². The van der Waals surface area contributed by atoms with Crippen molar-refractivity contribution in [2.24, 2.45) is 0 Å². The number of amides is 2. The SMILES string of the molecule is CCOc1ncccc1CNC(=O)c1ccc(OCC(=O)NC)c(OC)c1. The number of benzene rings is 1. The first-order valence-electron chi connectivity index (χ1n) is 8.45. The summed E-state index contributed by atoms with van der Waals surface area (Å²) >= 11 is 0. The first kappa shape index (κ1) is 20.0. The average Bonchev–Trinajstić information content (AvgIpc) is 2.71. The molecule has 27 heavy (non-hydrogen) atoms. The van der Waals surface area contributed by atoms with Crippen molar-refractivity contribution in [2.75, 3.05) is 27.4 Å². The number of hydrogen-bond acceptors (Lipinski definition) is 6. The first-order valence-corrected chi connectivity index (χ1v) is 8.45. The van der Waals surface area contributed by atoms with Crippen molar-refractivity contribution >= 4 is 11.8 Å². The van der Waals surface area contributed by atoms with Gasteiger partial charge in [0.2, 0.25) is 5.88 Å². The molecule has 1 aromatic carbocycles. The maximum Gasteiger partial charge on any atom is 0.257 e. The van der Waals surface area contributed by atoms with Crippen LogP contribution in [-0.2, 0) is 11.3 Å². The molecule has 0 aliphatic rings. The van der Waals surface area contributed by atoms with Gasteiger partial charge in [0, 0.05) is 30.9 Å². The van der Waals surface area contributed by atoms with Gasteiger partial charge in [-0.05, 0) is 31.2 Å². The van der Waals surface area contributed by atoms with Crippen molar-refractivity contribution in [1.29, 1.82) is 0 Å². The third-order valence-corrected chi connectivity index (χ3v) is 3.63. The lowest BCUT2D eigenvalue weighted by molar-refractivity contribution is -0.122. The van der Waals surface area contributed by atoms with Gasteiger partial charge in [-0.15, -0.1) is 0 Å². The highest BCUT2D eigenvalue weighted by Gasteiger charge is 2.13. The minimum absolute atomic E-state index is 0.139. The number of pyridine rings is 1. The van der Waals surface area contributed by atoms with Crippen LogP contribution in [0.2, 0.25) is 0 Å². The summed E-state index contributed by atoms with van der Waals surface area (Å²) < 4.78 is 16.1. The van der Waals surface area contributed by atoms with E-state index >= 15 is 0 Å². The van der Waals surface area contributed by atoms with E-state index < -0.39 is 0 Å². The lowest BCUT2D eigenvalue weighted by Crippen LogP contribution is -2.25. The second-order valence-corrected chi connectivity index (χ2v) is 5.41. The van der Waals surface area contributed by atoms with E-state index in [4.69, 9.17) is 14.2 Å². The summed E-state index contributed by atoms with van der Waals surface area (Å²) in [6, 6.07) is 8.37. The number of carbonyl (C=O) groups is 2. The van der Waals surface area contributed by atoms with Crippen molar-refractivity contribution < 1.29 is 23.8 Å². The lowest BCUT2D eigenvalue weighted by atomic mass is 10.1. The van der Waals surface area contributed by atoms with E-state index in [0.717, 1.165) is 5.56 Å². The molecular weight excluding hydrogens is 350 g/mol. The van der Waals surface area contributed by atoms with Crippen LogP contribution in [0.15, 0.2) is 36.5 Å². The number of ether oxygens (including phenoxy) is 3. The number of rotatable bonds is 9. The second kappa shape index (κ2) is 10.0. The van der Waals surface area contributed by atoms with Gasteiger partial charge in [-0.25, -0.2) is 4.98 Å². The van der Waals surface area contributed by atoms with Crippen LogP contribution >= 0.6 is 0 Å². The average molecular weight is 373 g/mol. The molecule has 0 saturated heterocycles. The number of hydrogen-bond donors (Lipinski definition) is 2. The first-order chi connectivity index (χ1) is 13.1. The molecule has 0 aliphatic heterocycles. The van der Waals surface area contributed by atoms with Crippen LogP contribution in [-0.4, -0.2) is 44.2 Å². The van der Waals surface area contributed by atoms with Gasteiger partial charge in [0.15, 0.2) is 18.1 Å². The monoisotopic (exact) mass is 373 g/mol. The molecule has 1 aromatic heterocycles. The second-order valence-electron chi connectivity index (χ2n) is 5.41.